The van der Waals surface area contributed by atoms with Crippen molar-refractivity contribution in [3.05, 3.63) is 51.0 Å². The van der Waals surface area contributed by atoms with Crippen LogP contribution in [0.5, 0.6) is 0 Å². The predicted octanol–water partition coefficient (Wildman–Crippen LogP) is 2.34. The molecule has 0 amide bonds. The molecule has 76 valence electrons. The highest BCUT2D eigenvalue weighted by molar-refractivity contribution is 9.10. The quantitative estimate of drug-likeness (QED) is 0.863. The normalized spacial score (nSPS) is 10.3. The second kappa shape index (κ2) is 3.94. The molecule has 3 nitrogen and oxygen atoms in total. The van der Waals surface area contributed by atoms with E-state index in [1.807, 2.05) is 0 Å². The second-order valence-corrected chi connectivity index (χ2v) is 3.76. The van der Waals surface area contributed by atoms with E-state index in [0.29, 0.717) is 15.7 Å². The van der Waals surface area contributed by atoms with Gasteiger partial charge in [0.15, 0.2) is 0 Å². The molecule has 2 aromatic rings. The molecule has 5 heteroatoms. The molecule has 0 fully saturated rings. The lowest BCUT2D eigenvalue weighted by atomic mass is 10.1. The number of halogens is 2. The highest BCUT2D eigenvalue weighted by Crippen LogP contribution is 2.25. The van der Waals surface area contributed by atoms with Gasteiger partial charge in [-0.3, -0.25) is 4.79 Å². The van der Waals surface area contributed by atoms with Gasteiger partial charge in [0.25, 0.3) is 5.56 Å². The zero-order valence-corrected chi connectivity index (χ0v) is 9.08. The summed E-state index contributed by atoms with van der Waals surface area (Å²) in [6.07, 6.45) is 0. The number of rotatable bonds is 1. The van der Waals surface area contributed by atoms with Crippen molar-refractivity contribution in [1.29, 1.82) is 0 Å². The van der Waals surface area contributed by atoms with Crippen LogP contribution in [0.1, 0.15) is 0 Å². The van der Waals surface area contributed by atoms with Gasteiger partial charge >= 0.3 is 0 Å². The molecule has 1 heterocycles. The third kappa shape index (κ3) is 1.97. The molecule has 15 heavy (non-hydrogen) atoms. The number of hydrogen-bond donors (Lipinski definition) is 1. The van der Waals surface area contributed by atoms with Crippen LogP contribution in [0.4, 0.5) is 4.39 Å². The monoisotopic (exact) mass is 268 g/mol. The molecule has 1 aromatic heterocycles. The van der Waals surface area contributed by atoms with Crippen molar-refractivity contribution in [3.63, 3.8) is 0 Å². The third-order valence-corrected chi connectivity index (χ3v) is 2.52. The van der Waals surface area contributed by atoms with Crippen LogP contribution in [0.25, 0.3) is 11.3 Å². The van der Waals surface area contributed by atoms with Gasteiger partial charge in [0.1, 0.15) is 5.82 Å². The Bertz CT molecular complexity index is 533. The summed E-state index contributed by atoms with van der Waals surface area (Å²) in [5.74, 6) is -0.392. The van der Waals surface area contributed by atoms with Gasteiger partial charge in [-0.15, -0.1) is 0 Å². The Morgan fingerprint density at radius 1 is 1.27 bits per heavy atom. The van der Waals surface area contributed by atoms with Crippen molar-refractivity contribution in [2.75, 3.05) is 0 Å². The first-order chi connectivity index (χ1) is 7.18. The number of benzene rings is 1. The standard InChI is InChI=1S/C10H6BrFN2O/c11-7-3-1-2-6(10(7)12)8-4-5-9(15)14-13-8/h1-5H,(H,14,15). The summed E-state index contributed by atoms with van der Waals surface area (Å²) in [5, 5.41) is 6.01. The molecular weight excluding hydrogens is 263 g/mol. The average molecular weight is 269 g/mol. The van der Waals surface area contributed by atoms with E-state index in [1.54, 1.807) is 18.2 Å². The zero-order valence-electron chi connectivity index (χ0n) is 7.50. The summed E-state index contributed by atoms with van der Waals surface area (Å²) in [5.41, 5.74) is 0.433. The minimum atomic E-state index is -0.392. The molecule has 0 radical (unpaired) electrons. The highest BCUT2D eigenvalue weighted by atomic mass is 79.9. The molecule has 0 aliphatic heterocycles. The molecule has 0 spiro atoms. The van der Waals surface area contributed by atoms with E-state index < -0.39 is 5.82 Å². The van der Waals surface area contributed by atoms with Gasteiger partial charge in [-0.1, -0.05) is 6.07 Å². The molecule has 0 unspecified atom stereocenters. The fourth-order valence-corrected chi connectivity index (χ4v) is 1.56. The molecule has 0 saturated carbocycles. The Balaban J connectivity index is 2.59. The maximum atomic E-state index is 13.6. The third-order valence-electron chi connectivity index (χ3n) is 1.91. The SMILES string of the molecule is O=c1ccc(-c2cccc(Br)c2F)n[nH]1. The van der Waals surface area contributed by atoms with E-state index in [4.69, 9.17) is 0 Å². The van der Waals surface area contributed by atoms with Gasteiger partial charge in [-0.2, -0.15) is 5.10 Å². The van der Waals surface area contributed by atoms with Crippen molar-refractivity contribution in [2.24, 2.45) is 0 Å². The fraction of sp³-hybridized carbons (Fsp3) is 0. The Morgan fingerprint density at radius 3 is 2.73 bits per heavy atom. The molecule has 2 rings (SSSR count). The van der Waals surface area contributed by atoms with Gasteiger partial charge in [-0.25, -0.2) is 9.49 Å². The maximum Gasteiger partial charge on any atom is 0.264 e. The summed E-state index contributed by atoms with van der Waals surface area (Å²) in [6.45, 7) is 0. The first-order valence-electron chi connectivity index (χ1n) is 4.18. The van der Waals surface area contributed by atoms with Crippen LogP contribution < -0.4 is 5.56 Å². The first-order valence-corrected chi connectivity index (χ1v) is 4.98. The van der Waals surface area contributed by atoms with Crippen molar-refractivity contribution in [2.45, 2.75) is 0 Å². The van der Waals surface area contributed by atoms with Gasteiger partial charge < -0.3 is 0 Å². The number of nitrogens with zero attached hydrogens (tertiary/aromatic N) is 1. The van der Waals surface area contributed by atoms with Gasteiger partial charge in [-0.05, 0) is 34.1 Å². The lowest BCUT2D eigenvalue weighted by molar-refractivity contribution is 0.623. The number of H-pyrrole nitrogens is 1. The predicted molar refractivity (Wildman–Crippen MR) is 58.0 cm³/mol. The van der Waals surface area contributed by atoms with Crippen LogP contribution in [-0.4, -0.2) is 10.2 Å². The summed E-state index contributed by atoms with van der Waals surface area (Å²) < 4.78 is 14.0. The van der Waals surface area contributed by atoms with Crippen molar-refractivity contribution in [1.82, 2.24) is 10.2 Å². The highest BCUT2D eigenvalue weighted by Gasteiger charge is 2.08. The molecule has 1 aromatic carbocycles. The topological polar surface area (TPSA) is 45.8 Å². The summed E-state index contributed by atoms with van der Waals surface area (Å²) in [6, 6.07) is 7.69. The van der Waals surface area contributed by atoms with E-state index in [2.05, 4.69) is 26.1 Å². The number of hydrogen-bond acceptors (Lipinski definition) is 2. The maximum absolute atomic E-state index is 13.6. The lowest BCUT2D eigenvalue weighted by Gasteiger charge is -2.02. The van der Waals surface area contributed by atoms with Crippen LogP contribution in [0.15, 0.2) is 39.6 Å². The second-order valence-electron chi connectivity index (χ2n) is 2.91. The molecule has 0 saturated heterocycles. The number of aromatic nitrogens is 2. The minimum Gasteiger partial charge on any atom is -0.268 e. The van der Waals surface area contributed by atoms with E-state index in [-0.39, 0.29) is 5.56 Å². The van der Waals surface area contributed by atoms with Crippen LogP contribution in [0.3, 0.4) is 0 Å². The molecule has 0 bridgehead atoms. The Morgan fingerprint density at radius 2 is 2.07 bits per heavy atom. The molecule has 0 atom stereocenters. The largest absolute Gasteiger partial charge is 0.268 e. The van der Waals surface area contributed by atoms with Gasteiger partial charge in [0.05, 0.1) is 10.2 Å². The molecule has 0 aliphatic rings. The Hall–Kier alpha value is -1.49. The van der Waals surface area contributed by atoms with Crippen LogP contribution in [0.2, 0.25) is 0 Å². The van der Waals surface area contributed by atoms with Crippen LogP contribution >= 0.6 is 15.9 Å². The zero-order chi connectivity index (χ0) is 10.8. The first kappa shape index (κ1) is 10.0. The molecule has 0 aliphatic carbocycles. The fourth-order valence-electron chi connectivity index (χ4n) is 1.20. The van der Waals surface area contributed by atoms with Crippen LogP contribution in [-0.2, 0) is 0 Å². The summed E-state index contributed by atoms with van der Waals surface area (Å²) >= 11 is 3.08. The summed E-state index contributed by atoms with van der Waals surface area (Å²) in [4.78, 5) is 10.8. The molecular formula is C10H6BrFN2O. The van der Waals surface area contributed by atoms with Crippen molar-refractivity contribution < 1.29 is 4.39 Å². The minimum absolute atomic E-state index is 0.311. The Labute approximate surface area is 93.1 Å². The van der Waals surface area contributed by atoms with E-state index in [1.165, 1.54) is 12.1 Å². The van der Waals surface area contributed by atoms with Crippen LogP contribution in [0, 0.1) is 5.82 Å². The smallest absolute Gasteiger partial charge is 0.264 e. The Kier molecular flexibility index (Phi) is 2.64. The van der Waals surface area contributed by atoms with Gasteiger partial charge in [0, 0.05) is 11.6 Å². The molecule has 1 N–H and O–H groups in total. The van der Waals surface area contributed by atoms with E-state index >= 15 is 0 Å². The lowest BCUT2D eigenvalue weighted by Crippen LogP contribution is -2.06. The van der Waals surface area contributed by atoms with E-state index in [0.717, 1.165) is 0 Å². The van der Waals surface area contributed by atoms with Crippen molar-refractivity contribution >= 4 is 15.9 Å². The number of aromatic amines is 1. The van der Waals surface area contributed by atoms with Crippen molar-refractivity contribution in [3.8, 4) is 11.3 Å². The van der Waals surface area contributed by atoms with E-state index in [9.17, 15) is 9.18 Å². The number of nitrogens with one attached hydrogen (secondary N) is 1. The summed E-state index contributed by atoms with van der Waals surface area (Å²) in [7, 11) is 0. The van der Waals surface area contributed by atoms with Gasteiger partial charge in [0.2, 0.25) is 0 Å². The average Bonchev–Trinajstić information content (AvgIpc) is 2.24.